The van der Waals surface area contributed by atoms with Crippen LogP contribution in [-0.4, -0.2) is 36.2 Å². The second-order valence-electron chi connectivity index (χ2n) is 3.85. The number of aliphatic carboxylic acids is 1. The van der Waals surface area contributed by atoms with Gasteiger partial charge in [-0.15, -0.1) is 0 Å². The predicted octanol–water partition coefficient (Wildman–Crippen LogP) is 0.638. The summed E-state index contributed by atoms with van der Waals surface area (Å²) in [5, 5.41) is 10.9. The van der Waals surface area contributed by atoms with Crippen molar-refractivity contribution < 1.29 is 19.4 Å². The van der Waals surface area contributed by atoms with E-state index in [9.17, 15) is 9.59 Å². The van der Waals surface area contributed by atoms with Crippen molar-refractivity contribution in [1.29, 1.82) is 0 Å². The summed E-state index contributed by atoms with van der Waals surface area (Å²) in [6, 6.07) is -0.845. The second kappa shape index (κ2) is 7.23. The van der Waals surface area contributed by atoms with Gasteiger partial charge in [0.2, 0.25) is 5.91 Å². The van der Waals surface area contributed by atoms with Crippen LogP contribution < -0.4 is 5.32 Å². The lowest BCUT2D eigenvalue weighted by Gasteiger charge is -2.10. The molecule has 0 aromatic rings. The molecule has 0 spiro atoms. The molecule has 0 aliphatic heterocycles. The Bertz CT molecular complexity index is 215. The van der Waals surface area contributed by atoms with Gasteiger partial charge in [-0.2, -0.15) is 0 Å². The molecule has 15 heavy (non-hydrogen) atoms. The lowest BCUT2D eigenvalue weighted by atomic mass is 10.2. The Morgan fingerprint density at radius 2 is 1.93 bits per heavy atom. The van der Waals surface area contributed by atoms with E-state index in [2.05, 4.69) is 5.32 Å². The summed E-state index contributed by atoms with van der Waals surface area (Å²) in [7, 11) is 0. The Kier molecular flexibility index (Phi) is 6.70. The van der Waals surface area contributed by atoms with Gasteiger partial charge in [0.15, 0.2) is 0 Å². The van der Waals surface area contributed by atoms with Crippen LogP contribution in [0.1, 0.15) is 27.2 Å². The number of nitrogens with one attached hydrogen (secondary N) is 1. The van der Waals surface area contributed by atoms with Gasteiger partial charge in [0.25, 0.3) is 0 Å². The smallest absolute Gasteiger partial charge is 0.325 e. The summed E-state index contributed by atoms with van der Waals surface area (Å²) in [5.41, 5.74) is 0. The first kappa shape index (κ1) is 13.9. The summed E-state index contributed by atoms with van der Waals surface area (Å²) in [5.74, 6) is -0.897. The zero-order valence-electron chi connectivity index (χ0n) is 9.45. The number of rotatable bonds is 7. The van der Waals surface area contributed by atoms with Crippen LogP contribution in [0.15, 0.2) is 0 Å². The molecule has 0 saturated carbocycles. The molecular weight excluding hydrogens is 198 g/mol. The average molecular weight is 217 g/mol. The Balaban J connectivity index is 3.54. The van der Waals surface area contributed by atoms with Gasteiger partial charge in [-0.25, -0.2) is 0 Å². The summed E-state index contributed by atoms with van der Waals surface area (Å²) in [6.07, 6.45) is 0.199. The van der Waals surface area contributed by atoms with E-state index in [1.807, 2.05) is 13.8 Å². The van der Waals surface area contributed by atoms with E-state index < -0.39 is 12.0 Å². The normalized spacial score (nSPS) is 12.5. The maximum absolute atomic E-state index is 11.1. The van der Waals surface area contributed by atoms with Crippen molar-refractivity contribution in [3.05, 3.63) is 0 Å². The summed E-state index contributed by atoms with van der Waals surface area (Å²) in [4.78, 5) is 21.6. The molecule has 5 nitrogen and oxygen atoms in total. The molecule has 1 atom stereocenters. The van der Waals surface area contributed by atoms with Crippen LogP contribution in [0.25, 0.3) is 0 Å². The van der Waals surface area contributed by atoms with E-state index in [1.165, 1.54) is 6.92 Å². The fourth-order valence-electron chi connectivity index (χ4n) is 0.859. The van der Waals surface area contributed by atoms with E-state index in [1.54, 1.807) is 0 Å². The molecule has 0 aromatic heterocycles. The number of ether oxygens (including phenoxy) is 1. The number of amides is 1. The fraction of sp³-hybridized carbons (Fsp3) is 0.800. The first-order chi connectivity index (χ1) is 6.93. The van der Waals surface area contributed by atoms with Gasteiger partial charge in [-0.1, -0.05) is 13.8 Å². The first-order valence-corrected chi connectivity index (χ1v) is 5.03. The number of carboxylic acids is 1. The Hall–Kier alpha value is -1.10. The maximum Gasteiger partial charge on any atom is 0.325 e. The third-order valence-electron chi connectivity index (χ3n) is 1.67. The minimum atomic E-state index is -1.04. The Morgan fingerprint density at radius 1 is 1.33 bits per heavy atom. The molecule has 0 aliphatic carbocycles. The number of carbonyl (C=O) groups is 2. The molecule has 0 heterocycles. The van der Waals surface area contributed by atoms with Gasteiger partial charge < -0.3 is 15.2 Å². The number of hydrogen-bond donors (Lipinski definition) is 2. The molecular formula is C10H19NO4. The zero-order chi connectivity index (χ0) is 11.8. The number of carbonyl (C=O) groups excluding carboxylic acids is 1. The Labute approximate surface area is 89.8 Å². The van der Waals surface area contributed by atoms with E-state index in [-0.39, 0.29) is 12.3 Å². The van der Waals surface area contributed by atoms with E-state index in [0.29, 0.717) is 19.1 Å². The minimum absolute atomic E-state index is 0.199. The molecule has 88 valence electrons. The topological polar surface area (TPSA) is 75.6 Å². The third kappa shape index (κ3) is 7.93. The van der Waals surface area contributed by atoms with Gasteiger partial charge in [-0.05, 0) is 12.8 Å². The number of hydrogen-bond acceptors (Lipinski definition) is 3. The molecule has 0 saturated heterocycles. The fourth-order valence-corrected chi connectivity index (χ4v) is 0.859. The second-order valence-corrected chi connectivity index (χ2v) is 3.85. The third-order valence-corrected chi connectivity index (χ3v) is 1.67. The quantitative estimate of drug-likeness (QED) is 0.613. The van der Waals surface area contributed by atoms with Gasteiger partial charge in [0, 0.05) is 13.0 Å². The van der Waals surface area contributed by atoms with E-state index >= 15 is 0 Å². The molecule has 1 unspecified atom stereocenters. The van der Waals surface area contributed by atoms with Crippen LogP contribution >= 0.6 is 0 Å². The highest BCUT2D eigenvalue weighted by molar-refractivity contribution is 5.83. The van der Waals surface area contributed by atoms with Crippen molar-refractivity contribution in [2.75, 3.05) is 13.2 Å². The van der Waals surface area contributed by atoms with Crippen LogP contribution in [0.2, 0.25) is 0 Å². The summed E-state index contributed by atoms with van der Waals surface area (Å²) in [6.45, 7) is 6.41. The van der Waals surface area contributed by atoms with Crippen LogP contribution in [0.3, 0.4) is 0 Å². The summed E-state index contributed by atoms with van der Waals surface area (Å²) < 4.78 is 5.20. The highest BCUT2D eigenvalue weighted by Crippen LogP contribution is 1.93. The molecule has 0 radical (unpaired) electrons. The average Bonchev–Trinajstić information content (AvgIpc) is 2.12. The van der Waals surface area contributed by atoms with Crippen molar-refractivity contribution in [2.24, 2.45) is 5.92 Å². The minimum Gasteiger partial charge on any atom is -0.480 e. The molecule has 0 aliphatic rings. The first-order valence-electron chi connectivity index (χ1n) is 5.03. The van der Waals surface area contributed by atoms with Gasteiger partial charge in [0.1, 0.15) is 6.04 Å². The van der Waals surface area contributed by atoms with Crippen LogP contribution in [-0.2, 0) is 14.3 Å². The predicted molar refractivity (Wildman–Crippen MR) is 55.5 cm³/mol. The molecule has 1 amide bonds. The monoisotopic (exact) mass is 217 g/mol. The van der Waals surface area contributed by atoms with E-state index in [4.69, 9.17) is 9.84 Å². The maximum atomic E-state index is 11.1. The number of carboxylic acid groups (broad SMARTS) is 1. The molecule has 0 rings (SSSR count). The molecule has 5 heteroatoms. The van der Waals surface area contributed by atoms with Crippen LogP contribution in [0.4, 0.5) is 0 Å². The van der Waals surface area contributed by atoms with E-state index in [0.717, 1.165) is 0 Å². The Morgan fingerprint density at radius 3 is 2.40 bits per heavy atom. The van der Waals surface area contributed by atoms with Crippen molar-refractivity contribution in [3.8, 4) is 0 Å². The molecule has 0 bridgehead atoms. The van der Waals surface area contributed by atoms with Crippen molar-refractivity contribution in [1.82, 2.24) is 5.32 Å². The van der Waals surface area contributed by atoms with Gasteiger partial charge in [0.05, 0.1) is 6.61 Å². The SMILES string of the molecule is CC(C)COCCC(=O)NC(C)C(=O)O. The molecule has 0 fully saturated rings. The zero-order valence-corrected chi connectivity index (χ0v) is 9.45. The van der Waals surface area contributed by atoms with Crippen molar-refractivity contribution in [2.45, 2.75) is 33.2 Å². The molecule has 2 N–H and O–H groups in total. The van der Waals surface area contributed by atoms with Gasteiger partial charge >= 0.3 is 5.97 Å². The lowest BCUT2D eigenvalue weighted by Crippen LogP contribution is -2.38. The van der Waals surface area contributed by atoms with Crippen molar-refractivity contribution in [3.63, 3.8) is 0 Å². The highest BCUT2D eigenvalue weighted by Gasteiger charge is 2.13. The van der Waals surface area contributed by atoms with Gasteiger partial charge in [-0.3, -0.25) is 9.59 Å². The molecule has 0 aromatic carbocycles. The summed E-state index contributed by atoms with van der Waals surface area (Å²) >= 11 is 0. The highest BCUT2D eigenvalue weighted by atomic mass is 16.5. The van der Waals surface area contributed by atoms with Crippen LogP contribution in [0, 0.1) is 5.92 Å². The van der Waals surface area contributed by atoms with Crippen LogP contribution in [0.5, 0.6) is 0 Å². The standard InChI is InChI=1S/C10H19NO4/c1-7(2)6-15-5-4-9(12)11-8(3)10(13)14/h7-8H,4-6H2,1-3H3,(H,11,12)(H,13,14). The largest absolute Gasteiger partial charge is 0.480 e. The van der Waals surface area contributed by atoms with Crippen molar-refractivity contribution >= 4 is 11.9 Å². The lowest BCUT2D eigenvalue weighted by molar-refractivity contribution is -0.141.